The summed E-state index contributed by atoms with van der Waals surface area (Å²) >= 11 is 0. The number of pyridine rings is 2. The summed E-state index contributed by atoms with van der Waals surface area (Å²) in [5.41, 5.74) is 6.63. The van der Waals surface area contributed by atoms with E-state index in [0.29, 0.717) is 17.0 Å². The molecule has 0 bridgehead atoms. The van der Waals surface area contributed by atoms with Crippen LogP contribution in [0.4, 0.5) is 0 Å². The summed E-state index contributed by atoms with van der Waals surface area (Å²) in [6, 6.07) is 28.9. The van der Waals surface area contributed by atoms with Crippen molar-refractivity contribution >= 4 is 32.8 Å². The molecule has 0 saturated heterocycles. The molecule has 6 aromatic rings. The summed E-state index contributed by atoms with van der Waals surface area (Å²) in [6.07, 6.45) is 2.03. The highest BCUT2D eigenvalue weighted by molar-refractivity contribution is 6.09. The molecule has 33 heavy (non-hydrogen) atoms. The molecule has 4 heteroatoms. The van der Waals surface area contributed by atoms with Crippen molar-refractivity contribution in [2.45, 2.75) is 6.92 Å². The number of nitriles is 1. The van der Waals surface area contributed by atoms with E-state index in [-0.39, 0.29) is 0 Å². The largest absolute Gasteiger partial charge is 0.437 e. The Balaban J connectivity index is 1.64. The number of aryl methyl sites for hydroxylation is 2. The number of benzene rings is 3. The summed E-state index contributed by atoms with van der Waals surface area (Å²) in [5, 5.41) is 14.0. The number of rotatable bonds is 2. The van der Waals surface area contributed by atoms with Gasteiger partial charge >= 0.3 is 0 Å². The number of hydrogen-bond acceptors (Lipinski definition) is 3. The van der Waals surface area contributed by atoms with Crippen molar-refractivity contribution < 1.29 is 8.98 Å². The molecular formula is C29H20N3O+. The highest BCUT2D eigenvalue weighted by Gasteiger charge is 2.22. The summed E-state index contributed by atoms with van der Waals surface area (Å²) in [7, 11) is 2.03. The standard InChI is InChI=1S/C29H20N3O/c1-18-10-13-23-24-16-22(17-30)27(21-12-11-19-7-3-4-8-20(19)15-21)31-29(24)33-28(23)26(18)25-9-5-6-14-32(25)2/h3-16H,1-2H3/q+1. The maximum absolute atomic E-state index is 9.95. The van der Waals surface area contributed by atoms with Crippen molar-refractivity contribution in [3.63, 3.8) is 0 Å². The van der Waals surface area contributed by atoms with Crippen molar-refractivity contribution in [2.24, 2.45) is 7.05 Å². The molecule has 0 unspecified atom stereocenters. The fourth-order valence-electron chi connectivity index (χ4n) is 4.61. The molecule has 0 aliphatic heterocycles. The predicted molar refractivity (Wildman–Crippen MR) is 131 cm³/mol. The third kappa shape index (κ3) is 2.98. The molecule has 0 radical (unpaired) electrons. The fourth-order valence-corrected chi connectivity index (χ4v) is 4.61. The molecule has 3 heterocycles. The third-order valence-electron chi connectivity index (χ3n) is 6.30. The van der Waals surface area contributed by atoms with Crippen LogP contribution in [0, 0.1) is 18.3 Å². The van der Waals surface area contributed by atoms with Crippen LogP contribution in [0.1, 0.15) is 11.1 Å². The molecule has 156 valence electrons. The highest BCUT2D eigenvalue weighted by atomic mass is 16.3. The summed E-state index contributed by atoms with van der Waals surface area (Å²) in [4.78, 5) is 4.85. The Bertz CT molecular complexity index is 1760. The Labute approximate surface area is 191 Å². The first kappa shape index (κ1) is 19.2. The van der Waals surface area contributed by atoms with Crippen LogP contribution < -0.4 is 4.57 Å². The SMILES string of the molecule is Cc1ccc2c(oc3nc(-c4ccc5ccccc5c4)c(C#N)cc32)c1-c1cccc[n+]1C. The van der Waals surface area contributed by atoms with Gasteiger partial charge in [-0.05, 0) is 41.5 Å². The van der Waals surface area contributed by atoms with Gasteiger partial charge in [0.15, 0.2) is 11.8 Å². The Morgan fingerprint density at radius 2 is 1.70 bits per heavy atom. The molecule has 3 aromatic heterocycles. The van der Waals surface area contributed by atoms with Gasteiger partial charge in [-0.25, -0.2) is 9.55 Å². The van der Waals surface area contributed by atoms with E-state index in [1.165, 1.54) is 0 Å². The molecule has 0 spiro atoms. The van der Waals surface area contributed by atoms with E-state index in [4.69, 9.17) is 9.40 Å². The van der Waals surface area contributed by atoms with Crippen LogP contribution in [0.25, 0.3) is 55.4 Å². The van der Waals surface area contributed by atoms with Crippen LogP contribution in [0.3, 0.4) is 0 Å². The Morgan fingerprint density at radius 3 is 2.52 bits per heavy atom. The lowest BCUT2D eigenvalue weighted by Gasteiger charge is -2.05. The molecule has 3 aromatic carbocycles. The minimum Gasteiger partial charge on any atom is -0.437 e. The van der Waals surface area contributed by atoms with E-state index < -0.39 is 0 Å². The molecule has 0 atom stereocenters. The van der Waals surface area contributed by atoms with Gasteiger partial charge < -0.3 is 4.42 Å². The average molecular weight is 426 g/mol. The monoisotopic (exact) mass is 426 g/mol. The molecule has 0 saturated carbocycles. The van der Waals surface area contributed by atoms with E-state index in [1.807, 2.05) is 49.6 Å². The van der Waals surface area contributed by atoms with Crippen molar-refractivity contribution in [1.29, 1.82) is 5.26 Å². The molecule has 0 amide bonds. The number of aromatic nitrogens is 2. The van der Waals surface area contributed by atoms with E-state index in [1.54, 1.807) is 0 Å². The van der Waals surface area contributed by atoms with E-state index in [2.05, 4.69) is 60.0 Å². The van der Waals surface area contributed by atoms with Gasteiger partial charge in [0, 0.05) is 28.5 Å². The second-order valence-corrected chi connectivity index (χ2v) is 8.34. The second-order valence-electron chi connectivity index (χ2n) is 8.34. The van der Waals surface area contributed by atoms with Crippen LogP contribution in [0.2, 0.25) is 0 Å². The Kier molecular flexibility index (Phi) is 4.24. The fraction of sp³-hybridized carbons (Fsp3) is 0.0690. The smallest absolute Gasteiger partial charge is 0.227 e. The van der Waals surface area contributed by atoms with Crippen molar-refractivity contribution in [3.8, 4) is 28.6 Å². The van der Waals surface area contributed by atoms with Crippen LogP contribution in [-0.2, 0) is 7.05 Å². The van der Waals surface area contributed by atoms with Crippen molar-refractivity contribution in [3.05, 3.63) is 96.2 Å². The zero-order valence-electron chi connectivity index (χ0n) is 18.3. The maximum atomic E-state index is 9.95. The first-order valence-corrected chi connectivity index (χ1v) is 10.9. The number of furan rings is 1. The minimum absolute atomic E-state index is 0.535. The highest BCUT2D eigenvalue weighted by Crippen LogP contribution is 2.38. The van der Waals surface area contributed by atoms with Crippen LogP contribution in [0.5, 0.6) is 0 Å². The van der Waals surface area contributed by atoms with Crippen LogP contribution in [-0.4, -0.2) is 4.98 Å². The van der Waals surface area contributed by atoms with Gasteiger partial charge in [-0.1, -0.05) is 48.5 Å². The zero-order chi connectivity index (χ0) is 22.5. The van der Waals surface area contributed by atoms with Gasteiger partial charge in [0.1, 0.15) is 13.1 Å². The molecule has 0 fully saturated rings. The first-order valence-electron chi connectivity index (χ1n) is 10.9. The van der Waals surface area contributed by atoms with Crippen molar-refractivity contribution in [2.75, 3.05) is 0 Å². The molecule has 4 nitrogen and oxygen atoms in total. The van der Waals surface area contributed by atoms with Gasteiger partial charge in [0.05, 0.1) is 16.8 Å². The third-order valence-corrected chi connectivity index (χ3v) is 6.30. The van der Waals surface area contributed by atoms with Gasteiger partial charge in [-0.15, -0.1) is 0 Å². The molecule has 0 aliphatic rings. The Hall–Kier alpha value is -4.49. The van der Waals surface area contributed by atoms with Crippen molar-refractivity contribution in [1.82, 2.24) is 4.98 Å². The van der Waals surface area contributed by atoms with Gasteiger partial charge in [-0.2, -0.15) is 5.26 Å². The maximum Gasteiger partial charge on any atom is 0.227 e. The number of fused-ring (bicyclic) bond motifs is 4. The molecule has 0 aliphatic carbocycles. The summed E-state index contributed by atoms with van der Waals surface area (Å²) < 4.78 is 8.48. The first-order chi connectivity index (χ1) is 16.1. The van der Waals surface area contributed by atoms with E-state index in [9.17, 15) is 5.26 Å². The van der Waals surface area contributed by atoms with Gasteiger partial charge in [-0.3, -0.25) is 0 Å². The zero-order valence-corrected chi connectivity index (χ0v) is 18.3. The van der Waals surface area contributed by atoms with E-state index >= 15 is 0 Å². The molecule has 0 N–H and O–H groups in total. The molecule has 6 rings (SSSR count). The van der Waals surface area contributed by atoms with E-state index in [0.717, 1.165) is 49.5 Å². The normalized spacial score (nSPS) is 11.3. The van der Waals surface area contributed by atoms with Crippen LogP contribution in [0.15, 0.2) is 89.5 Å². The lowest BCUT2D eigenvalue weighted by Crippen LogP contribution is -2.30. The summed E-state index contributed by atoms with van der Waals surface area (Å²) in [5.74, 6) is 0. The summed E-state index contributed by atoms with van der Waals surface area (Å²) in [6.45, 7) is 2.09. The Morgan fingerprint density at radius 1 is 0.879 bits per heavy atom. The number of hydrogen-bond donors (Lipinski definition) is 0. The average Bonchev–Trinajstić information content (AvgIpc) is 3.21. The second kappa shape index (κ2) is 7.29. The van der Waals surface area contributed by atoms with Gasteiger partial charge in [0.25, 0.3) is 0 Å². The topological polar surface area (TPSA) is 53.7 Å². The molecular weight excluding hydrogens is 406 g/mol. The quantitative estimate of drug-likeness (QED) is 0.298. The number of nitrogens with zero attached hydrogens (tertiary/aromatic N) is 3. The lowest BCUT2D eigenvalue weighted by atomic mass is 9.99. The van der Waals surface area contributed by atoms with Crippen LogP contribution >= 0.6 is 0 Å². The predicted octanol–water partition coefficient (Wildman–Crippen LogP) is 6.47. The van der Waals surface area contributed by atoms with Gasteiger partial charge in [0.2, 0.25) is 11.4 Å². The lowest BCUT2D eigenvalue weighted by molar-refractivity contribution is -0.660. The minimum atomic E-state index is 0.535.